The second kappa shape index (κ2) is 15.9. The average molecular weight is 957 g/mol. The Morgan fingerprint density at radius 2 is 1.49 bits per heavy atom. The minimum atomic E-state index is -2.50. The van der Waals surface area contributed by atoms with Gasteiger partial charge in [-0.05, 0) is 25.0 Å². The van der Waals surface area contributed by atoms with Gasteiger partial charge in [-0.15, -0.1) is 35.9 Å². The maximum atomic E-state index is 7.50. The first-order valence-corrected chi connectivity index (χ1v) is 26.0. The molecule has 0 unspecified atom stereocenters. The van der Waals surface area contributed by atoms with Crippen molar-refractivity contribution in [2.75, 3.05) is 0 Å². The van der Waals surface area contributed by atoms with E-state index in [9.17, 15) is 0 Å². The van der Waals surface area contributed by atoms with Gasteiger partial charge in [-0.1, -0.05) is 11.6 Å². The van der Waals surface area contributed by atoms with Gasteiger partial charge < -0.3 is 4.98 Å². The third-order valence-corrected chi connectivity index (χ3v) is 15.0. The van der Waals surface area contributed by atoms with Crippen molar-refractivity contribution in [2.45, 2.75) is 70.5 Å². The fraction of sp³-hybridized carbons (Fsp3) is 0.234. The summed E-state index contributed by atoms with van der Waals surface area (Å²) in [5.74, 6) is 9.16. The van der Waals surface area contributed by atoms with Crippen LogP contribution in [-0.2, 0) is 20.1 Å². The molecule has 6 heteroatoms. The van der Waals surface area contributed by atoms with Gasteiger partial charge in [0, 0.05) is 34.5 Å². The molecule has 3 heterocycles. The number of hydrogen-bond acceptors (Lipinski definition) is 3. The molecule has 8 aromatic rings. The zero-order chi connectivity index (χ0) is 41.7. The minimum absolute atomic E-state index is 0. The van der Waals surface area contributed by atoms with E-state index in [1.165, 1.54) is 43.1 Å². The van der Waals surface area contributed by atoms with Gasteiger partial charge in [-0.25, -0.2) is 0 Å². The van der Waals surface area contributed by atoms with Gasteiger partial charge in [0.15, 0.2) is 0 Å². The summed E-state index contributed by atoms with van der Waals surface area (Å²) in [4.78, 5) is 9.33. The van der Waals surface area contributed by atoms with Crippen LogP contribution in [-0.4, -0.2) is 27.8 Å². The molecule has 5 aromatic carbocycles. The van der Waals surface area contributed by atoms with Crippen LogP contribution in [0.1, 0.15) is 70.0 Å². The van der Waals surface area contributed by atoms with E-state index in [1.807, 2.05) is 11.3 Å². The van der Waals surface area contributed by atoms with Crippen LogP contribution < -0.4 is 4.40 Å². The third kappa shape index (κ3) is 7.73. The largest absolute Gasteiger partial charge is 0.304 e. The standard InChI is InChI=1S/C34H35GeN2S.C13H12N.Ir/c1-21(2)24-12-10-13-25(22(3)4)32(24)37-30-17-9-8-16-29(30)36-34(37)28-15-11-14-27-26-19-18-23(35(5,6)7)20-31(26)38-33(27)28;1-10-8-13(14-9-11(10)2)12-6-4-3-5-7-12;/h8-14,16-22H,1-7H3;3-6,8-9H,1-2H3;/q2*-1;/i;1D3,2D3;. The van der Waals surface area contributed by atoms with Crippen LogP contribution in [0.15, 0.2) is 109 Å². The van der Waals surface area contributed by atoms with Gasteiger partial charge in [0.05, 0.1) is 0 Å². The van der Waals surface area contributed by atoms with Crippen molar-refractivity contribution in [3.05, 3.63) is 144 Å². The Morgan fingerprint density at radius 3 is 2.17 bits per heavy atom. The number of rotatable bonds is 6. The van der Waals surface area contributed by atoms with E-state index in [4.69, 9.17) is 13.2 Å². The summed E-state index contributed by atoms with van der Waals surface area (Å²) in [7, 11) is 0. The summed E-state index contributed by atoms with van der Waals surface area (Å²) < 4.78 is 51.3. The SMILES string of the molecule is CC(C)c1cccc(C(C)C)c1-n1c(-c2[c-]ccc3c2sc2c[c]([Ge]([CH3])([CH3])[CH3])ccc23)nc2ccccc21.[2H]C([2H])([2H])c1cnc(-c2[c-]cccc2)cc1C([2H])([2H])[2H].[Ir]. The van der Waals surface area contributed by atoms with Crippen LogP contribution in [0.3, 0.4) is 0 Å². The molecule has 0 aliphatic carbocycles. The smallest absolute Gasteiger partial charge is 0.0280 e. The predicted octanol–water partition coefficient (Wildman–Crippen LogP) is 12.8. The van der Waals surface area contributed by atoms with Crippen LogP contribution in [0, 0.1) is 25.8 Å². The van der Waals surface area contributed by atoms with Crippen LogP contribution >= 0.6 is 11.3 Å². The molecule has 0 aliphatic rings. The first-order valence-electron chi connectivity index (χ1n) is 20.8. The molecule has 0 bridgehead atoms. The summed E-state index contributed by atoms with van der Waals surface area (Å²) in [5.41, 5.74) is 7.81. The summed E-state index contributed by atoms with van der Waals surface area (Å²) in [5, 5.41) is 2.63. The van der Waals surface area contributed by atoms with Gasteiger partial charge in [-0.2, -0.15) is 0 Å². The van der Waals surface area contributed by atoms with Gasteiger partial charge in [0.2, 0.25) is 0 Å². The molecule has 0 saturated heterocycles. The Hall–Kier alpha value is -3.87. The maximum absolute atomic E-state index is 7.50. The Balaban J connectivity index is 0.000000236. The number of hydrogen-bond donors (Lipinski definition) is 0. The fourth-order valence-electron chi connectivity index (χ4n) is 6.72. The number of nitrogens with zero attached hydrogens (tertiary/aromatic N) is 3. The second-order valence-electron chi connectivity index (χ2n) is 14.9. The number of para-hydroxylation sites is 3. The molecule has 3 nitrogen and oxygen atoms in total. The Kier molecular flexibility index (Phi) is 9.41. The number of benzene rings is 5. The summed E-state index contributed by atoms with van der Waals surface area (Å²) in [6.07, 6.45) is 1.12. The van der Waals surface area contributed by atoms with Gasteiger partial charge in [-0.3, -0.25) is 0 Å². The molecule has 0 saturated carbocycles. The van der Waals surface area contributed by atoms with Gasteiger partial charge >= 0.3 is 234 Å². The van der Waals surface area contributed by atoms with E-state index in [1.54, 1.807) is 28.7 Å². The molecule has 0 fully saturated rings. The fourth-order valence-corrected chi connectivity index (χ4v) is 10.6. The van der Waals surface area contributed by atoms with E-state index in [2.05, 4.69) is 139 Å². The van der Waals surface area contributed by atoms with Crippen LogP contribution in [0.4, 0.5) is 0 Å². The topological polar surface area (TPSA) is 30.7 Å². The number of fused-ring (bicyclic) bond motifs is 4. The molecule has 0 spiro atoms. The maximum Gasteiger partial charge on any atom is 0.0280 e. The van der Waals surface area contributed by atoms with Crippen molar-refractivity contribution >= 4 is 60.2 Å². The zero-order valence-electron chi connectivity index (χ0n) is 37.1. The van der Waals surface area contributed by atoms with E-state index in [0.717, 1.165) is 28.6 Å². The van der Waals surface area contributed by atoms with Crippen LogP contribution in [0.25, 0.3) is 59.5 Å². The molecule has 0 atom stereocenters. The number of aromatic nitrogens is 3. The van der Waals surface area contributed by atoms with E-state index < -0.39 is 27.0 Å². The normalized spacial score (nSPS) is 13.8. The quantitative estimate of drug-likeness (QED) is 0.123. The summed E-state index contributed by atoms with van der Waals surface area (Å²) in [6, 6.07) is 41.7. The van der Waals surface area contributed by atoms with Crippen molar-refractivity contribution in [2.24, 2.45) is 0 Å². The molecular weight excluding hydrogens is 903 g/mol. The van der Waals surface area contributed by atoms with Crippen molar-refractivity contribution in [3.8, 4) is 28.3 Å². The molecule has 0 N–H and O–H groups in total. The number of thiophene rings is 1. The molecule has 53 heavy (non-hydrogen) atoms. The number of aryl methyl sites for hydroxylation is 2. The Labute approximate surface area is 343 Å². The van der Waals surface area contributed by atoms with Crippen molar-refractivity contribution in [1.82, 2.24) is 14.5 Å². The van der Waals surface area contributed by atoms with Crippen LogP contribution in [0.5, 0.6) is 0 Å². The molecule has 1 radical (unpaired) electrons. The van der Waals surface area contributed by atoms with Gasteiger partial charge in [0.1, 0.15) is 0 Å². The molecule has 8 rings (SSSR count). The van der Waals surface area contributed by atoms with E-state index >= 15 is 0 Å². The average Bonchev–Trinajstić information content (AvgIpc) is 3.75. The Morgan fingerprint density at radius 1 is 0.755 bits per heavy atom. The molecule has 0 amide bonds. The number of imidazole rings is 1. The Bertz CT molecular complexity index is 2740. The molecule has 0 aliphatic heterocycles. The molecule has 3 aromatic heterocycles. The van der Waals surface area contributed by atoms with Crippen molar-refractivity contribution in [1.29, 1.82) is 0 Å². The van der Waals surface area contributed by atoms with E-state index in [-0.39, 0.29) is 31.2 Å². The summed E-state index contributed by atoms with van der Waals surface area (Å²) in [6.45, 7) is 4.15. The van der Waals surface area contributed by atoms with Crippen molar-refractivity contribution < 1.29 is 28.3 Å². The first-order chi connectivity index (χ1) is 27.3. The van der Waals surface area contributed by atoms with Crippen molar-refractivity contribution in [3.63, 3.8) is 0 Å². The minimum Gasteiger partial charge on any atom is -0.304 e. The van der Waals surface area contributed by atoms with E-state index in [0.29, 0.717) is 23.1 Å². The second-order valence-corrected chi connectivity index (χ2v) is 26.6. The van der Waals surface area contributed by atoms with Gasteiger partial charge in [0.25, 0.3) is 0 Å². The summed E-state index contributed by atoms with van der Waals surface area (Å²) >= 11 is -0.0413. The molecular formula is C47H47GeIrN3S-2. The third-order valence-electron chi connectivity index (χ3n) is 9.54. The molecule has 271 valence electrons. The monoisotopic (exact) mass is 958 g/mol. The zero-order valence-corrected chi connectivity index (χ0v) is 36.4. The first kappa shape index (κ1) is 31.5. The van der Waals surface area contributed by atoms with Crippen LogP contribution in [0.2, 0.25) is 17.3 Å². The predicted molar refractivity (Wildman–Crippen MR) is 227 cm³/mol. The number of pyridine rings is 1.